The Morgan fingerprint density at radius 3 is 2.25 bits per heavy atom. The van der Waals surface area contributed by atoms with Crippen LogP contribution in [0.2, 0.25) is 0 Å². The summed E-state index contributed by atoms with van der Waals surface area (Å²) in [5, 5.41) is 4.61. The molecule has 1 nitrogen and oxygen atoms in total. The van der Waals surface area contributed by atoms with Crippen LogP contribution in [-0.2, 0) is 6.42 Å². The molecule has 0 bridgehead atoms. The van der Waals surface area contributed by atoms with E-state index < -0.39 is 0 Å². The average Bonchev–Trinajstić information content (AvgIpc) is 2.34. The van der Waals surface area contributed by atoms with Gasteiger partial charge < -0.3 is 5.32 Å². The second-order valence-electron chi connectivity index (χ2n) is 4.09. The van der Waals surface area contributed by atoms with Crippen LogP contribution >= 0.6 is 15.9 Å². The normalized spacial score (nSPS) is 10.6. The van der Waals surface area contributed by atoms with Gasteiger partial charge in [-0.05, 0) is 50.8 Å². The van der Waals surface area contributed by atoms with Crippen LogP contribution < -0.4 is 5.32 Å². The molecule has 0 aliphatic carbocycles. The van der Waals surface area contributed by atoms with Crippen LogP contribution in [-0.4, -0.2) is 18.4 Å². The third-order valence-electron chi connectivity index (χ3n) is 2.65. The number of hydrogen-bond acceptors (Lipinski definition) is 1. The van der Waals surface area contributed by atoms with E-state index in [4.69, 9.17) is 0 Å². The van der Waals surface area contributed by atoms with Crippen molar-refractivity contribution in [3.8, 4) is 0 Å². The summed E-state index contributed by atoms with van der Waals surface area (Å²) in [6, 6.07) is 10.7. The van der Waals surface area contributed by atoms with E-state index >= 15 is 0 Å². The van der Waals surface area contributed by atoms with E-state index in [9.17, 15) is 0 Å². The van der Waals surface area contributed by atoms with Crippen LogP contribution in [0.3, 0.4) is 0 Å². The minimum atomic E-state index is 1.13. The van der Waals surface area contributed by atoms with Crippen molar-refractivity contribution in [3.05, 3.63) is 35.9 Å². The fourth-order valence-corrected chi connectivity index (χ4v) is 2.09. The maximum absolute atomic E-state index is 3.49. The third kappa shape index (κ3) is 7.02. The first kappa shape index (κ1) is 13.7. The second-order valence-corrected chi connectivity index (χ2v) is 4.88. The van der Waals surface area contributed by atoms with Gasteiger partial charge in [0, 0.05) is 5.33 Å². The molecule has 0 radical (unpaired) electrons. The zero-order valence-electron chi connectivity index (χ0n) is 9.92. The van der Waals surface area contributed by atoms with Crippen molar-refractivity contribution in [1.29, 1.82) is 0 Å². The lowest BCUT2D eigenvalue weighted by Crippen LogP contribution is -2.16. The number of halogens is 1. The first-order valence-electron chi connectivity index (χ1n) is 6.24. The number of aryl methyl sites for hydroxylation is 1. The molecule has 1 N–H and O–H groups in total. The fourth-order valence-electron chi connectivity index (χ4n) is 1.69. The van der Waals surface area contributed by atoms with Gasteiger partial charge >= 0.3 is 0 Å². The van der Waals surface area contributed by atoms with Crippen molar-refractivity contribution in [1.82, 2.24) is 5.32 Å². The first-order valence-corrected chi connectivity index (χ1v) is 7.36. The highest BCUT2D eigenvalue weighted by Gasteiger charge is 1.92. The maximum atomic E-state index is 3.49. The van der Waals surface area contributed by atoms with E-state index in [1.165, 1.54) is 37.7 Å². The topological polar surface area (TPSA) is 12.0 Å². The van der Waals surface area contributed by atoms with Gasteiger partial charge in [0.15, 0.2) is 0 Å². The summed E-state index contributed by atoms with van der Waals surface area (Å²) in [7, 11) is 0. The van der Waals surface area contributed by atoms with E-state index in [1.807, 2.05) is 0 Å². The van der Waals surface area contributed by atoms with Gasteiger partial charge in [0.2, 0.25) is 0 Å². The van der Waals surface area contributed by atoms with Gasteiger partial charge in [-0.2, -0.15) is 0 Å². The molecule has 0 saturated carbocycles. The zero-order valence-corrected chi connectivity index (χ0v) is 11.5. The second kappa shape index (κ2) is 9.86. The molecule has 1 rings (SSSR count). The van der Waals surface area contributed by atoms with E-state index in [2.05, 4.69) is 51.6 Å². The molecular weight excluding hydrogens is 262 g/mol. The van der Waals surface area contributed by atoms with Crippen LogP contribution in [0.1, 0.15) is 31.2 Å². The molecule has 0 atom stereocenters. The van der Waals surface area contributed by atoms with Crippen LogP contribution in [0, 0.1) is 0 Å². The Kier molecular flexibility index (Phi) is 8.45. The molecule has 0 heterocycles. The highest BCUT2D eigenvalue weighted by molar-refractivity contribution is 9.09. The molecule has 0 spiro atoms. The third-order valence-corrected chi connectivity index (χ3v) is 3.21. The first-order chi connectivity index (χ1) is 7.93. The Morgan fingerprint density at radius 1 is 0.875 bits per heavy atom. The summed E-state index contributed by atoms with van der Waals surface area (Å²) in [6.07, 6.45) is 6.34. The Hall–Kier alpha value is -0.340. The van der Waals surface area contributed by atoms with Crippen LogP contribution in [0.5, 0.6) is 0 Å². The highest BCUT2D eigenvalue weighted by Crippen LogP contribution is 2.03. The predicted molar refractivity (Wildman–Crippen MR) is 75.3 cm³/mol. The lowest BCUT2D eigenvalue weighted by atomic mass is 10.1. The molecular formula is C14H22BrN. The molecule has 0 aromatic heterocycles. The number of benzene rings is 1. The van der Waals surface area contributed by atoms with Gasteiger partial charge in [0.1, 0.15) is 0 Å². The van der Waals surface area contributed by atoms with E-state index in [-0.39, 0.29) is 0 Å². The predicted octanol–water partition coefficient (Wildman–Crippen LogP) is 3.77. The molecule has 1 aromatic carbocycles. The number of unbranched alkanes of at least 4 members (excludes halogenated alkanes) is 2. The van der Waals surface area contributed by atoms with Crippen molar-refractivity contribution in [2.75, 3.05) is 18.4 Å². The maximum Gasteiger partial charge on any atom is 0.00317 e. The molecule has 2 heteroatoms. The molecule has 16 heavy (non-hydrogen) atoms. The zero-order chi connectivity index (χ0) is 11.5. The molecule has 0 saturated heterocycles. The Bertz CT molecular complexity index is 248. The van der Waals surface area contributed by atoms with E-state index in [0.717, 1.165) is 18.4 Å². The van der Waals surface area contributed by atoms with E-state index in [0.29, 0.717) is 0 Å². The van der Waals surface area contributed by atoms with Gasteiger partial charge in [-0.25, -0.2) is 0 Å². The van der Waals surface area contributed by atoms with Gasteiger partial charge in [0.05, 0.1) is 0 Å². The average molecular weight is 284 g/mol. The molecule has 90 valence electrons. The summed E-state index contributed by atoms with van der Waals surface area (Å²) < 4.78 is 0. The SMILES string of the molecule is BrCCCCNCCCCc1ccccc1. The lowest BCUT2D eigenvalue weighted by molar-refractivity contribution is 0.601. The summed E-state index contributed by atoms with van der Waals surface area (Å²) in [5.41, 5.74) is 1.46. The van der Waals surface area contributed by atoms with Crippen molar-refractivity contribution < 1.29 is 0 Å². The molecule has 0 aliphatic heterocycles. The van der Waals surface area contributed by atoms with Crippen molar-refractivity contribution >= 4 is 15.9 Å². The van der Waals surface area contributed by atoms with Gasteiger partial charge in [-0.15, -0.1) is 0 Å². The minimum absolute atomic E-state index is 1.13. The fraction of sp³-hybridized carbons (Fsp3) is 0.571. The Morgan fingerprint density at radius 2 is 1.56 bits per heavy atom. The van der Waals surface area contributed by atoms with Crippen LogP contribution in [0.25, 0.3) is 0 Å². The number of rotatable bonds is 9. The monoisotopic (exact) mass is 283 g/mol. The van der Waals surface area contributed by atoms with Crippen molar-refractivity contribution in [3.63, 3.8) is 0 Å². The summed E-state index contributed by atoms with van der Waals surface area (Å²) >= 11 is 3.44. The summed E-state index contributed by atoms with van der Waals surface area (Å²) in [6.45, 7) is 2.33. The molecule has 0 unspecified atom stereocenters. The summed E-state index contributed by atoms with van der Waals surface area (Å²) in [4.78, 5) is 0. The van der Waals surface area contributed by atoms with Gasteiger partial charge in [-0.1, -0.05) is 46.3 Å². The van der Waals surface area contributed by atoms with Crippen molar-refractivity contribution in [2.45, 2.75) is 32.1 Å². The number of nitrogens with one attached hydrogen (secondary N) is 1. The molecule has 1 aromatic rings. The molecule has 0 amide bonds. The quantitative estimate of drug-likeness (QED) is 0.537. The molecule has 0 fully saturated rings. The Labute approximate surface area is 108 Å². The smallest absolute Gasteiger partial charge is 0.00317 e. The number of alkyl halides is 1. The van der Waals surface area contributed by atoms with Gasteiger partial charge in [0.25, 0.3) is 0 Å². The van der Waals surface area contributed by atoms with Crippen LogP contribution in [0.15, 0.2) is 30.3 Å². The Balaban J connectivity index is 1.89. The highest BCUT2D eigenvalue weighted by atomic mass is 79.9. The van der Waals surface area contributed by atoms with E-state index in [1.54, 1.807) is 0 Å². The lowest BCUT2D eigenvalue weighted by Gasteiger charge is -2.04. The minimum Gasteiger partial charge on any atom is -0.317 e. The van der Waals surface area contributed by atoms with Crippen molar-refractivity contribution in [2.24, 2.45) is 0 Å². The summed E-state index contributed by atoms with van der Waals surface area (Å²) in [5.74, 6) is 0. The largest absolute Gasteiger partial charge is 0.317 e. The van der Waals surface area contributed by atoms with Crippen LogP contribution in [0.4, 0.5) is 0 Å². The number of hydrogen-bond donors (Lipinski definition) is 1. The van der Waals surface area contributed by atoms with Gasteiger partial charge in [-0.3, -0.25) is 0 Å². The standard InChI is InChI=1S/C14H22BrN/c15-11-5-7-13-16-12-6-4-10-14-8-2-1-3-9-14/h1-3,8-9,16H,4-7,10-13H2. The molecule has 0 aliphatic rings.